The average Bonchev–Trinajstić information content (AvgIpc) is 2.70. The molecule has 1 heterocycles. The van der Waals surface area contributed by atoms with Crippen LogP contribution in [0.15, 0.2) is 28.8 Å². The molecule has 0 bridgehead atoms. The Bertz CT molecular complexity index is 453. The van der Waals surface area contributed by atoms with Crippen molar-refractivity contribution in [3.8, 4) is 0 Å². The van der Waals surface area contributed by atoms with Crippen LogP contribution >= 0.6 is 0 Å². The van der Waals surface area contributed by atoms with E-state index in [0.717, 1.165) is 5.56 Å². The van der Waals surface area contributed by atoms with Crippen LogP contribution in [0.3, 0.4) is 0 Å². The first-order chi connectivity index (χ1) is 7.78. The summed E-state index contributed by atoms with van der Waals surface area (Å²) in [6, 6.07) is 6.12. The first kappa shape index (κ1) is 10.8. The van der Waals surface area contributed by atoms with Gasteiger partial charge < -0.3 is 9.63 Å². The Balaban J connectivity index is 2.05. The Labute approximate surface area is 91.7 Å². The molecule has 0 amide bonds. The molecular weight excluding hydrogens is 211 g/mol. The normalized spacial score (nSPS) is 10.6. The van der Waals surface area contributed by atoms with E-state index in [1.807, 2.05) is 0 Å². The summed E-state index contributed by atoms with van der Waals surface area (Å²) in [5.41, 5.74) is 0.903. The lowest BCUT2D eigenvalue weighted by molar-refractivity contribution is 0.293. The summed E-state index contributed by atoms with van der Waals surface area (Å²) < 4.78 is 17.6. The summed E-state index contributed by atoms with van der Waals surface area (Å²) in [5, 5.41) is 12.4. The van der Waals surface area contributed by atoms with Crippen molar-refractivity contribution in [3.63, 3.8) is 0 Å². The van der Waals surface area contributed by atoms with Crippen LogP contribution in [-0.2, 0) is 12.8 Å². The lowest BCUT2D eigenvalue weighted by atomic mass is 10.1. The van der Waals surface area contributed by atoms with Gasteiger partial charge in [-0.3, -0.25) is 0 Å². The molecule has 0 aliphatic heterocycles. The van der Waals surface area contributed by atoms with E-state index in [2.05, 4.69) is 10.1 Å². The second kappa shape index (κ2) is 4.85. The minimum atomic E-state index is -0.268. The topological polar surface area (TPSA) is 59.2 Å². The van der Waals surface area contributed by atoms with E-state index in [0.29, 0.717) is 24.6 Å². The first-order valence-corrected chi connectivity index (χ1v) is 4.94. The Hall–Kier alpha value is -1.75. The quantitative estimate of drug-likeness (QED) is 0.847. The highest BCUT2D eigenvalue weighted by molar-refractivity contribution is 5.19. The molecule has 0 atom stereocenters. The molecule has 84 valence electrons. The van der Waals surface area contributed by atoms with Crippen molar-refractivity contribution in [2.75, 3.05) is 6.61 Å². The number of nitrogens with zero attached hydrogens (tertiary/aromatic N) is 2. The minimum absolute atomic E-state index is 0.00444. The van der Waals surface area contributed by atoms with E-state index in [9.17, 15) is 4.39 Å². The molecule has 0 fully saturated rings. The number of aliphatic hydroxyl groups excluding tert-OH is 1. The van der Waals surface area contributed by atoms with Gasteiger partial charge in [0, 0.05) is 6.42 Å². The molecule has 5 heteroatoms. The first-order valence-electron chi connectivity index (χ1n) is 4.94. The van der Waals surface area contributed by atoms with E-state index in [-0.39, 0.29) is 12.4 Å². The van der Waals surface area contributed by atoms with Gasteiger partial charge in [0.15, 0.2) is 5.82 Å². The Morgan fingerprint density at radius 1 is 1.25 bits per heavy atom. The molecule has 0 saturated heterocycles. The third-order valence-electron chi connectivity index (χ3n) is 2.11. The summed E-state index contributed by atoms with van der Waals surface area (Å²) in [7, 11) is 0. The lowest BCUT2D eigenvalue weighted by Gasteiger charge is -1.95. The second-order valence-corrected chi connectivity index (χ2v) is 3.38. The van der Waals surface area contributed by atoms with Crippen molar-refractivity contribution in [2.45, 2.75) is 12.8 Å². The predicted molar refractivity (Wildman–Crippen MR) is 54.3 cm³/mol. The third kappa shape index (κ3) is 2.64. The van der Waals surface area contributed by atoms with Gasteiger partial charge in [0.2, 0.25) is 5.89 Å². The van der Waals surface area contributed by atoms with Crippen molar-refractivity contribution in [1.82, 2.24) is 10.1 Å². The molecule has 0 saturated carbocycles. The van der Waals surface area contributed by atoms with Gasteiger partial charge in [-0.15, -0.1) is 0 Å². The van der Waals surface area contributed by atoms with Crippen LogP contribution in [0.5, 0.6) is 0 Å². The van der Waals surface area contributed by atoms with Gasteiger partial charge in [-0.25, -0.2) is 4.39 Å². The molecule has 0 aliphatic rings. The predicted octanol–water partition coefficient (Wildman–Crippen LogP) is 1.33. The molecular formula is C11H11FN2O2. The zero-order valence-electron chi connectivity index (χ0n) is 8.56. The van der Waals surface area contributed by atoms with Crippen LogP contribution in [0.25, 0.3) is 0 Å². The Morgan fingerprint density at radius 3 is 2.69 bits per heavy atom. The molecule has 1 aromatic heterocycles. The number of benzene rings is 1. The Morgan fingerprint density at radius 2 is 2.00 bits per heavy atom. The summed E-state index contributed by atoms with van der Waals surface area (Å²) in [6.07, 6.45) is 0.853. The molecule has 0 unspecified atom stereocenters. The molecule has 1 N–H and O–H groups in total. The van der Waals surface area contributed by atoms with Crippen LogP contribution < -0.4 is 0 Å². The maximum atomic E-state index is 12.7. The minimum Gasteiger partial charge on any atom is -0.396 e. The van der Waals surface area contributed by atoms with Crippen LogP contribution in [0.2, 0.25) is 0 Å². The molecule has 2 rings (SSSR count). The largest absolute Gasteiger partial charge is 0.396 e. The number of hydrogen-bond donors (Lipinski definition) is 1. The third-order valence-corrected chi connectivity index (χ3v) is 2.11. The van der Waals surface area contributed by atoms with Gasteiger partial charge in [-0.2, -0.15) is 4.98 Å². The lowest BCUT2D eigenvalue weighted by Crippen LogP contribution is -1.94. The highest BCUT2D eigenvalue weighted by Gasteiger charge is 2.06. The fraction of sp³-hybridized carbons (Fsp3) is 0.273. The van der Waals surface area contributed by atoms with Gasteiger partial charge in [0.1, 0.15) is 5.82 Å². The fourth-order valence-corrected chi connectivity index (χ4v) is 1.34. The highest BCUT2D eigenvalue weighted by atomic mass is 19.1. The van der Waals surface area contributed by atoms with E-state index >= 15 is 0 Å². The van der Waals surface area contributed by atoms with E-state index < -0.39 is 0 Å². The SMILES string of the molecule is OCCc1noc(Cc2ccc(F)cc2)n1. The summed E-state index contributed by atoms with van der Waals surface area (Å²) in [5.74, 6) is 0.685. The molecule has 4 nitrogen and oxygen atoms in total. The van der Waals surface area contributed by atoms with Crippen molar-refractivity contribution in [3.05, 3.63) is 47.4 Å². The maximum absolute atomic E-state index is 12.7. The van der Waals surface area contributed by atoms with Crippen LogP contribution in [-0.4, -0.2) is 21.9 Å². The summed E-state index contributed by atoms with van der Waals surface area (Å²) in [6.45, 7) is -0.00444. The smallest absolute Gasteiger partial charge is 0.231 e. The highest BCUT2D eigenvalue weighted by Crippen LogP contribution is 2.09. The van der Waals surface area contributed by atoms with Crippen molar-refractivity contribution in [1.29, 1.82) is 0 Å². The molecule has 16 heavy (non-hydrogen) atoms. The number of halogens is 1. The zero-order valence-corrected chi connectivity index (χ0v) is 8.56. The van der Waals surface area contributed by atoms with Crippen LogP contribution in [0.4, 0.5) is 4.39 Å². The molecule has 2 aromatic rings. The molecule has 1 aromatic carbocycles. The zero-order chi connectivity index (χ0) is 11.4. The Kier molecular flexibility index (Phi) is 3.26. The number of aromatic nitrogens is 2. The second-order valence-electron chi connectivity index (χ2n) is 3.38. The molecule has 0 spiro atoms. The maximum Gasteiger partial charge on any atom is 0.231 e. The van der Waals surface area contributed by atoms with Crippen LogP contribution in [0.1, 0.15) is 17.3 Å². The van der Waals surface area contributed by atoms with Gasteiger partial charge in [0.05, 0.1) is 13.0 Å². The average molecular weight is 222 g/mol. The number of hydrogen-bond acceptors (Lipinski definition) is 4. The van der Waals surface area contributed by atoms with Crippen molar-refractivity contribution in [2.24, 2.45) is 0 Å². The van der Waals surface area contributed by atoms with Gasteiger partial charge >= 0.3 is 0 Å². The van der Waals surface area contributed by atoms with E-state index in [1.165, 1.54) is 12.1 Å². The molecule has 0 radical (unpaired) electrons. The standard InChI is InChI=1S/C11H11FN2O2/c12-9-3-1-8(2-4-9)7-11-13-10(5-6-15)14-16-11/h1-4,15H,5-7H2. The number of rotatable bonds is 4. The van der Waals surface area contributed by atoms with Crippen LogP contribution in [0, 0.1) is 5.82 Å². The van der Waals surface area contributed by atoms with Crippen molar-refractivity contribution >= 4 is 0 Å². The van der Waals surface area contributed by atoms with Gasteiger partial charge in [-0.1, -0.05) is 17.3 Å². The fourth-order valence-electron chi connectivity index (χ4n) is 1.34. The van der Waals surface area contributed by atoms with Gasteiger partial charge in [-0.05, 0) is 17.7 Å². The number of aliphatic hydroxyl groups is 1. The van der Waals surface area contributed by atoms with Gasteiger partial charge in [0.25, 0.3) is 0 Å². The summed E-state index contributed by atoms with van der Waals surface area (Å²) in [4.78, 5) is 4.09. The summed E-state index contributed by atoms with van der Waals surface area (Å²) >= 11 is 0. The van der Waals surface area contributed by atoms with E-state index in [1.54, 1.807) is 12.1 Å². The van der Waals surface area contributed by atoms with Crippen molar-refractivity contribution < 1.29 is 14.0 Å². The van der Waals surface area contributed by atoms with E-state index in [4.69, 9.17) is 9.63 Å². The molecule has 0 aliphatic carbocycles. The monoisotopic (exact) mass is 222 g/mol.